The molecule has 2 unspecified atom stereocenters. The molecule has 0 fully saturated rings. The van der Waals surface area contributed by atoms with E-state index in [1.54, 1.807) is 0 Å². The van der Waals surface area contributed by atoms with Crippen LogP contribution in [-0.4, -0.2) is 17.5 Å². The summed E-state index contributed by atoms with van der Waals surface area (Å²) >= 11 is 0. The van der Waals surface area contributed by atoms with Crippen molar-refractivity contribution in [2.24, 2.45) is 17.1 Å². The number of hydrogen-bond acceptors (Lipinski definition) is 2. The fourth-order valence-electron chi connectivity index (χ4n) is 1.11. The topological polar surface area (TPSA) is 55.1 Å². The number of rotatable bonds is 4. The summed E-state index contributed by atoms with van der Waals surface area (Å²) in [6.07, 6.45) is 0.555. The van der Waals surface area contributed by atoms with Gasteiger partial charge in [-0.15, -0.1) is 0 Å². The molecule has 0 saturated heterocycles. The Morgan fingerprint density at radius 1 is 1.19 bits per heavy atom. The lowest BCUT2D eigenvalue weighted by Crippen LogP contribution is -2.54. The Morgan fingerprint density at radius 2 is 1.62 bits per heavy atom. The molecule has 0 rings (SSSR count). The van der Waals surface area contributed by atoms with Gasteiger partial charge in [-0.3, -0.25) is 4.79 Å². The second-order valence-corrected chi connectivity index (χ2v) is 6.53. The Bertz CT molecular complexity index is 239. The molecule has 0 spiro atoms. The molecule has 16 heavy (non-hydrogen) atoms. The molecule has 0 aromatic rings. The van der Waals surface area contributed by atoms with Crippen molar-refractivity contribution in [3.05, 3.63) is 0 Å². The lowest BCUT2D eigenvalue weighted by molar-refractivity contribution is -0.124. The van der Waals surface area contributed by atoms with Gasteiger partial charge >= 0.3 is 0 Å². The van der Waals surface area contributed by atoms with E-state index in [-0.39, 0.29) is 22.9 Å². The molecule has 0 bridgehead atoms. The zero-order chi connectivity index (χ0) is 13.1. The van der Waals surface area contributed by atoms with Gasteiger partial charge in [0, 0.05) is 18.0 Å². The minimum atomic E-state index is -0.339. The molecule has 1 amide bonds. The molecule has 96 valence electrons. The summed E-state index contributed by atoms with van der Waals surface area (Å²) in [4.78, 5) is 11.9. The van der Waals surface area contributed by atoms with E-state index in [1.165, 1.54) is 0 Å². The minimum Gasteiger partial charge on any atom is -0.350 e. The number of carbonyl (C=O) groups excluding carboxylic acids is 1. The van der Waals surface area contributed by atoms with E-state index in [0.717, 1.165) is 0 Å². The van der Waals surface area contributed by atoms with E-state index in [4.69, 9.17) is 5.73 Å². The van der Waals surface area contributed by atoms with Crippen molar-refractivity contribution in [3.8, 4) is 0 Å². The van der Waals surface area contributed by atoms with Crippen molar-refractivity contribution >= 4 is 5.91 Å². The number of nitrogens with two attached hydrogens (primary N) is 1. The molecular formula is C13H28N2O. The van der Waals surface area contributed by atoms with Crippen molar-refractivity contribution in [2.45, 2.75) is 66.5 Å². The van der Waals surface area contributed by atoms with E-state index in [0.29, 0.717) is 12.3 Å². The van der Waals surface area contributed by atoms with Crippen LogP contribution in [0.2, 0.25) is 0 Å². The zero-order valence-corrected chi connectivity index (χ0v) is 11.8. The van der Waals surface area contributed by atoms with Gasteiger partial charge in [0.05, 0.1) is 0 Å². The monoisotopic (exact) mass is 228 g/mol. The van der Waals surface area contributed by atoms with Crippen molar-refractivity contribution in [1.29, 1.82) is 0 Å². The molecule has 0 aromatic carbocycles. The summed E-state index contributed by atoms with van der Waals surface area (Å²) in [5, 5.41) is 2.99. The van der Waals surface area contributed by atoms with Crippen LogP contribution in [0.15, 0.2) is 0 Å². The van der Waals surface area contributed by atoms with Crippen molar-refractivity contribution < 1.29 is 4.79 Å². The van der Waals surface area contributed by atoms with Gasteiger partial charge in [-0.2, -0.15) is 0 Å². The molecule has 0 aromatic heterocycles. The van der Waals surface area contributed by atoms with E-state index in [9.17, 15) is 4.79 Å². The molecule has 2 atom stereocenters. The van der Waals surface area contributed by atoms with Crippen molar-refractivity contribution in [1.82, 2.24) is 5.32 Å². The molecule has 0 heterocycles. The lowest BCUT2D eigenvalue weighted by Gasteiger charge is -2.32. The van der Waals surface area contributed by atoms with Crippen LogP contribution in [0.25, 0.3) is 0 Å². The molecule has 0 aliphatic rings. The summed E-state index contributed by atoms with van der Waals surface area (Å²) < 4.78 is 0. The van der Waals surface area contributed by atoms with Crippen LogP contribution in [0.4, 0.5) is 0 Å². The predicted molar refractivity (Wildman–Crippen MR) is 69.1 cm³/mol. The molecule has 3 N–H and O–H groups in total. The Hall–Kier alpha value is -0.570. The largest absolute Gasteiger partial charge is 0.350 e. The van der Waals surface area contributed by atoms with Crippen LogP contribution < -0.4 is 11.1 Å². The van der Waals surface area contributed by atoms with Crippen LogP contribution in [0, 0.1) is 11.3 Å². The van der Waals surface area contributed by atoms with Gasteiger partial charge in [0.15, 0.2) is 0 Å². The van der Waals surface area contributed by atoms with Gasteiger partial charge in [-0.05, 0) is 32.1 Å². The summed E-state index contributed by atoms with van der Waals surface area (Å²) in [6, 6.07) is -0.0543. The second-order valence-electron chi connectivity index (χ2n) is 6.53. The first-order valence-electron chi connectivity index (χ1n) is 6.03. The maximum Gasteiger partial charge on any atom is 0.220 e. The van der Waals surface area contributed by atoms with Crippen molar-refractivity contribution in [3.63, 3.8) is 0 Å². The molecular weight excluding hydrogens is 200 g/mol. The first-order chi connectivity index (χ1) is 6.97. The average molecular weight is 228 g/mol. The highest BCUT2D eigenvalue weighted by Crippen LogP contribution is 2.28. The summed E-state index contributed by atoms with van der Waals surface area (Å²) in [5.41, 5.74) is 5.64. The van der Waals surface area contributed by atoms with E-state index in [2.05, 4.69) is 33.0 Å². The van der Waals surface area contributed by atoms with Gasteiger partial charge in [0.2, 0.25) is 5.91 Å². The fourth-order valence-corrected chi connectivity index (χ4v) is 1.11. The average Bonchev–Trinajstić information content (AvgIpc) is 2.00. The maximum atomic E-state index is 11.9. The highest BCUT2D eigenvalue weighted by atomic mass is 16.1. The zero-order valence-electron chi connectivity index (χ0n) is 11.8. The van der Waals surface area contributed by atoms with Crippen LogP contribution in [0.1, 0.15) is 54.9 Å². The SMILES string of the molecule is CC(CC(=O)NC(C)(C)C(C)N)C(C)(C)C. The maximum absolute atomic E-state index is 11.9. The summed E-state index contributed by atoms with van der Waals surface area (Å²) in [5.74, 6) is 0.445. The minimum absolute atomic E-state index is 0.0543. The van der Waals surface area contributed by atoms with Gasteiger partial charge in [0.1, 0.15) is 0 Å². The number of amides is 1. The number of nitrogens with one attached hydrogen (secondary N) is 1. The summed E-state index contributed by atoms with van der Waals surface area (Å²) in [7, 11) is 0. The predicted octanol–water partition coefficient (Wildman–Crippen LogP) is 2.30. The summed E-state index contributed by atoms with van der Waals surface area (Å²) in [6.45, 7) is 14.4. The third kappa shape index (κ3) is 4.97. The normalized spacial score (nSPS) is 16.8. The van der Waals surface area contributed by atoms with Gasteiger partial charge in [-0.25, -0.2) is 0 Å². The number of carbonyl (C=O) groups is 1. The van der Waals surface area contributed by atoms with Crippen LogP contribution in [0.5, 0.6) is 0 Å². The highest BCUT2D eigenvalue weighted by molar-refractivity contribution is 5.77. The van der Waals surface area contributed by atoms with Gasteiger partial charge < -0.3 is 11.1 Å². The van der Waals surface area contributed by atoms with Gasteiger partial charge in [-0.1, -0.05) is 27.7 Å². The first kappa shape index (κ1) is 15.4. The Morgan fingerprint density at radius 3 is 1.94 bits per heavy atom. The van der Waals surface area contributed by atoms with E-state index in [1.807, 2.05) is 20.8 Å². The Labute approximate surface area is 100 Å². The molecule has 0 aliphatic heterocycles. The highest BCUT2D eigenvalue weighted by Gasteiger charge is 2.28. The van der Waals surface area contributed by atoms with Crippen LogP contribution in [0.3, 0.4) is 0 Å². The molecule has 0 radical (unpaired) electrons. The van der Waals surface area contributed by atoms with Crippen LogP contribution in [-0.2, 0) is 4.79 Å². The quantitative estimate of drug-likeness (QED) is 0.775. The standard InChI is InChI=1S/C13H28N2O/c1-9(12(3,4)5)8-11(16)15-13(6,7)10(2)14/h9-10H,8,14H2,1-7H3,(H,15,16). The molecule has 3 heteroatoms. The number of hydrogen-bond donors (Lipinski definition) is 2. The smallest absolute Gasteiger partial charge is 0.220 e. The second kappa shape index (κ2) is 5.17. The molecule has 3 nitrogen and oxygen atoms in total. The van der Waals surface area contributed by atoms with E-state index >= 15 is 0 Å². The lowest BCUT2D eigenvalue weighted by atomic mass is 9.80. The molecule has 0 aliphatic carbocycles. The molecule has 0 saturated carbocycles. The van der Waals surface area contributed by atoms with Crippen LogP contribution >= 0.6 is 0 Å². The van der Waals surface area contributed by atoms with Gasteiger partial charge in [0.25, 0.3) is 0 Å². The van der Waals surface area contributed by atoms with Crippen molar-refractivity contribution in [2.75, 3.05) is 0 Å². The fraction of sp³-hybridized carbons (Fsp3) is 0.923. The first-order valence-corrected chi connectivity index (χ1v) is 6.03. The van der Waals surface area contributed by atoms with E-state index < -0.39 is 0 Å². The Kier molecular flexibility index (Phi) is 4.99. The Balaban J connectivity index is 4.30. The third-order valence-corrected chi connectivity index (χ3v) is 3.57. The third-order valence-electron chi connectivity index (χ3n) is 3.57.